The van der Waals surface area contributed by atoms with Gasteiger partial charge in [-0.25, -0.2) is 9.59 Å². The third-order valence-corrected chi connectivity index (χ3v) is 6.40. The third kappa shape index (κ3) is 14.1. The Labute approximate surface area is 141 Å². The Hall–Kier alpha value is -1.24. The quantitative estimate of drug-likeness (QED) is 0.262. The number of rotatable bonds is 12. The van der Waals surface area contributed by atoms with Crippen molar-refractivity contribution >= 4 is 21.2 Å². The summed E-state index contributed by atoms with van der Waals surface area (Å²) < 4.78 is 10.2. The average Bonchev–Trinajstić information content (AvgIpc) is 2.52. The molecule has 0 aliphatic heterocycles. The first-order chi connectivity index (χ1) is 11.1. The van der Waals surface area contributed by atoms with Gasteiger partial charge in [0.05, 0.1) is 6.61 Å². The molecule has 0 saturated heterocycles. The number of amides is 2. The summed E-state index contributed by atoms with van der Waals surface area (Å²) >= 11 is 0. The van der Waals surface area contributed by atoms with E-state index in [9.17, 15) is 9.59 Å². The highest BCUT2D eigenvalue weighted by molar-refractivity contribution is 6.53. The molecule has 7 heteroatoms. The van der Waals surface area contributed by atoms with E-state index in [-0.39, 0.29) is 0 Å². The normalized spacial score (nSPS) is 11.1. The van der Waals surface area contributed by atoms with Gasteiger partial charge in [0.25, 0.3) is 0 Å². The summed E-state index contributed by atoms with van der Waals surface area (Å²) in [4.78, 5) is 22.9. The maximum absolute atomic E-state index is 11.5. The molecule has 0 aliphatic rings. The van der Waals surface area contributed by atoms with E-state index < -0.39 is 21.2 Å². The van der Waals surface area contributed by atoms with Gasteiger partial charge in [-0.05, 0) is 18.5 Å². The fourth-order valence-corrected chi connectivity index (χ4v) is 4.37. The van der Waals surface area contributed by atoms with Gasteiger partial charge >= 0.3 is 12.2 Å². The first kappa shape index (κ1) is 21.8. The van der Waals surface area contributed by atoms with Crippen LogP contribution in [0.5, 0.6) is 0 Å². The number of unbranched alkanes of at least 4 members (excludes halogenated alkanes) is 5. The topological polar surface area (TPSA) is 77.3 Å². The van der Waals surface area contributed by atoms with Crippen molar-refractivity contribution in [1.29, 1.82) is 0 Å². The van der Waals surface area contributed by atoms with E-state index in [1.165, 1.54) is 19.3 Å². The lowest BCUT2D eigenvalue weighted by Crippen LogP contribution is -2.20. The zero-order valence-corrected chi connectivity index (χ0v) is 16.0. The van der Waals surface area contributed by atoms with Crippen molar-refractivity contribution in [2.75, 3.05) is 6.61 Å². The molecule has 0 aromatic carbocycles. The molecule has 0 fully saturated rings. The molecular weight excluding hydrogens is 312 g/mol. The molecule has 0 N–H and O–H groups in total. The van der Waals surface area contributed by atoms with Crippen LogP contribution in [0.4, 0.5) is 9.59 Å². The van der Waals surface area contributed by atoms with E-state index in [2.05, 4.69) is 31.0 Å². The number of carbonyl (C=O) groups excluding carboxylic acids is 2. The minimum absolute atomic E-state index is 0.321. The highest BCUT2D eigenvalue weighted by Gasteiger charge is 2.15. The molecule has 0 saturated carbocycles. The van der Waals surface area contributed by atoms with Crippen LogP contribution in [0, 0.1) is 0 Å². The number of nitrogens with zero attached hydrogens (tertiary/aromatic N) is 2. The Balaban J connectivity index is 3.82. The molecule has 2 amide bonds. The predicted molar refractivity (Wildman–Crippen MR) is 93.4 cm³/mol. The summed E-state index contributed by atoms with van der Waals surface area (Å²) in [5, 5.41) is 6.55. The molecule has 0 radical (unpaired) electrons. The van der Waals surface area contributed by atoms with Crippen molar-refractivity contribution in [2.45, 2.75) is 84.2 Å². The van der Waals surface area contributed by atoms with E-state index in [1.54, 1.807) is 0 Å². The van der Waals surface area contributed by atoms with Crippen LogP contribution in [0.25, 0.3) is 0 Å². The number of carbonyl (C=O) groups is 2. The maximum Gasteiger partial charge on any atom is 0.452 e. The van der Waals surface area contributed by atoms with Gasteiger partial charge in [-0.3, -0.25) is 0 Å². The largest absolute Gasteiger partial charge is 0.504 e. The van der Waals surface area contributed by atoms with Gasteiger partial charge in [0.15, 0.2) is 0 Å². The van der Waals surface area contributed by atoms with Crippen molar-refractivity contribution in [1.82, 2.24) is 0 Å². The van der Waals surface area contributed by atoms with E-state index in [1.807, 2.05) is 0 Å². The van der Waals surface area contributed by atoms with Crippen LogP contribution in [0.15, 0.2) is 10.2 Å². The molecule has 0 heterocycles. The average molecular weight is 345 g/mol. The third-order valence-electron chi connectivity index (χ3n) is 3.43. The Morgan fingerprint density at radius 3 is 1.96 bits per heavy atom. The summed E-state index contributed by atoms with van der Waals surface area (Å²) in [6.45, 7) is 6.62. The van der Waals surface area contributed by atoms with Crippen molar-refractivity contribution < 1.29 is 18.8 Å². The number of hydrogen-bond acceptors (Lipinski definition) is 4. The van der Waals surface area contributed by atoms with Crippen LogP contribution in [0.3, 0.4) is 0 Å². The van der Waals surface area contributed by atoms with Crippen molar-refractivity contribution in [3.8, 4) is 0 Å². The minimum Gasteiger partial charge on any atom is -0.504 e. The molecule has 6 nitrogen and oxygen atoms in total. The highest BCUT2D eigenvalue weighted by atomic mass is 28.3. The smallest absolute Gasteiger partial charge is 0.452 e. The molecule has 0 spiro atoms. The fraction of sp³-hybridized carbons (Fsp3) is 0.875. The zero-order chi connectivity index (χ0) is 17.3. The molecule has 0 aliphatic carbocycles. The van der Waals surface area contributed by atoms with Gasteiger partial charge in [0.1, 0.15) is 0 Å². The predicted octanol–water partition coefficient (Wildman–Crippen LogP) is 5.62. The van der Waals surface area contributed by atoms with Crippen molar-refractivity contribution in [3.63, 3.8) is 0 Å². The molecular formula is C16H32N2O4Si. The first-order valence-corrected chi connectivity index (χ1v) is 11.0. The van der Waals surface area contributed by atoms with Gasteiger partial charge in [0.2, 0.25) is 9.04 Å². The van der Waals surface area contributed by atoms with E-state index >= 15 is 0 Å². The summed E-state index contributed by atoms with van der Waals surface area (Å²) in [5.74, 6) is 0. The summed E-state index contributed by atoms with van der Waals surface area (Å²) in [5.41, 5.74) is 0. The van der Waals surface area contributed by atoms with Crippen LogP contribution in [-0.2, 0) is 9.16 Å². The Bertz CT molecular complexity index is 345. The molecule has 134 valence electrons. The molecule has 0 atom stereocenters. The van der Waals surface area contributed by atoms with Gasteiger partial charge < -0.3 is 9.16 Å². The fourth-order valence-electron chi connectivity index (χ4n) is 2.22. The monoisotopic (exact) mass is 344 g/mol. The Morgan fingerprint density at radius 1 is 0.783 bits per heavy atom. The lowest BCUT2D eigenvalue weighted by molar-refractivity contribution is 0.151. The second kappa shape index (κ2) is 15.6. The number of azo groups is 1. The molecule has 0 aromatic rings. The summed E-state index contributed by atoms with van der Waals surface area (Å²) in [7, 11) is -1.55. The minimum atomic E-state index is -1.55. The lowest BCUT2D eigenvalue weighted by atomic mass is 10.1. The second-order valence-electron chi connectivity index (χ2n) is 5.67. The van der Waals surface area contributed by atoms with E-state index in [4.69, 9.17) is 9.16 Å². The maximum atomic E-state index is 11.5. The van der Waals surface area contributed by atoms with Crippen LogP contribution in [-0.4, -0.2) is 27.8 Å². The van der Waals surface area contributed by atoms with Gasteiger partial charge in [0, 0.05) is 0 Å². The number of hydrogen-bond donors (Lipinski definition) is 0. The van der Waals surface area contributed by atoms with E-state index in [0.29, 0.717) is 6.61 Å². The van der Waals surface area contributed by atoms with Gasteiger partial charge in [-0.2, -0.15) is 0 Å². The molecule has 0 rings (SSSR count). The summed E-state index contributed by atoms with van der Waals surface area (Å²) in [6, 6.07) is 1.86. The van der Waals surface area contributed by atoms with Crippen molar-refractivity contribution in [2.24, 2.45) is 10.2 Å². The highest BCUT2D eigenvalue weighted by Crippen LogP contribution is 2.09. The van der Waals surface area contributed by atoms with Crippen LogP contribution < -0.4 is 0 Å². The Morgan fingerprint density at radius 2 is 1.35 bits per heavy atom. The SMILES string of the molecule is CCCCCCCCOC(=O)N=NC(=O)O[SiH](CCC)CCC. The van der Waals surface area contributed by atoms with E-state index in [0.717, 1.165) is 44.2 Å². The zero-order valence-electron chi connectivity index (χ0n) is 14.9. The van der Waals surface area contributed by atoms with Gasteiger partial charge in [-0.1, -0.05) is 75.9 Å². The summed E-state index contributed by atoms with van der Waals surface area (Å²) in [6.07, 6.45) is 7.08. The van der Waals surface area contributed by atoms with Crippen LogP contribution >= 0.6 is 0 Å². The molecule has 23 heavy (non-hydrogen) atoms. The van der Waals surface area contributed by atoms with Crippen molar-refractivity contribution in [3.05, 3.63) is 0 Å². The Kier molecular flexibility index (Phi) is 14.8. The van der Waals surface area contributed by atoms with Gasteiger partial charge in [-0.15, -0.1) is 0 Å². The standard InChI is InChI=1S/C16H32N2O4Si/c1-4-7-8-9-10-11-12-21-15(19)17-18-16(20)22-23(13-5-2)14-6-3/h23H,4-14H2,1-3H3. The van der Waals surface area contributed by atoms with Crippen LogP contribution in [0.1, 0.15) is 72.1 Å². The molecule has 0 unspecified atom stereocenters. The number of ether oxygens (including phenoxy) is 1. The second-order valence-corrected chi connectivity index (χ2v) is 8.30. The van der Waals surface area contributed by atoms with Crippen LogP contribution in [0.2, 0.25) is 12.1 Å². The molecule has 0 aromatic heterocycles. The lowest BCUT2D eigenvalue weighted by Gasteiger charge is -2.11. The molecule has 0 bridgehead atoms. The first-order valence-electron chi connectivity index (χ1n) is 8.93.